The number of carbonyl (C=O) groups is 2. The average molecular weight is 276 g/mol. The molecule has 0 aromatic heterocycles. The zero-order valence-corrected chi connectivity index (χ0v) is 10.7. The van der Waals surface area contributed by atoms with Crippen LogP contribution in [0.15, 0.2) is 30.3 Å². The molecule has 0 fully saturated rings. The average Bonchev–Trinajstić information content (AvgIpc) is 2.29. The summed E-state index contributed by atoms with van der Waals surface area (Å²) in [6.45, 7) is 3.34. The molecule has 0 bridgehead atoms. The van der Waals surface area contributed by atoms with E-state index in [1.807, 2.05) is 37.3 Å². The molecule has 3 nitrogen and oxygen atoms in total. The van der Waals surface area contributed by atoms with Gasteiger partial charge < -0.3 is 5.11 Å². The second kappa shape index (κ2) is 8.75. The normalized spacial score (nSPS) is 13.2. The van der Waals surface area contributed by atoms with E-state index < -0.39 is 11.9 Å². The minimum atomic E-state index is -0.852. The SMILES string of the molecule is CC(=O)SCC(C(=O)O)C(C)c1ccccc1.[NaH]. The maximum atomic E-state index is 11.2. The number of carboxylic acid groups (broad SMARTS) is 1. The summed E-state index contributed by atoms with van der Waals surface area (Å²) in [5, 5.41) is 9.15. The van der Waals surface area contributed by atoms with Crippen LogP contribution in [0.25, 0.3) is 0 Å². The van der Waals surface area contributed by atoms with Gasteiger partial charge in [0.1, 0.15) is 0 Å². The van der Waals surface area contributed by atoms with E-state index in [4.69, 9.17) is 0 Å². The van der Waals surface area contributed by atoms with Crippen molar-refractivity contribution in [3.8, 4) is 0 Å². The monoisotopic (exact) mass is 276 g/mol. The van der Waals surface area contributed by atoms with Crippen molar-refractivity contribution in [2.24, 2.45) is 5.92 Å². The predicted octanol–water partition coefficient (Wildman–Crippen LogP) is 2.12. The molecule has 0 spiro atoms. The molecule has 94 valence electrons. The fourth-order valence-corrected chi connectivity index (χ4v) is 2.47. The van der Waals surface area contributed by atoms with Crippen molar-refractivity contribution in [3.63, 3.8) is 0 Å². The van der Waals surface area contributed by atoms with Crippen LogP contribution in [0.1, 0.15) is 25.3 Å². The molecule has 5 heteroatoms. The number of carboxylic acids is 1. The second-order valence-electron chi connectivity index (χ2n) is 3.95. The van der Waals surface area contributed by atoms with Gasteiger partial charge in [0.05, 0.1) is 5.92 Å². The van der Waals surface area contributed by atoms with Crippen molar-refractivity contribution in [1.29, 1.82) is 0 Å². The first-order chi connectivity index (χ1) is 8.02. The molecule has 1 rings (SSSR count). The molecule has 0 aliphatic carbocycles. The molecule has 18 heavy (non-hydrogen) atoms. The third-order valence-corrected chi connectivity index (χ3v) is 3.64. The first-order valence-electron chi connectivity index (χ1n) is 5.43. The van der Waals surface area contributed by atoms with Crippen molar-refractivity contribution in [2.45, 2.75) is 19.8 Å². The molecule has 2 unspecified atom stereocenters. The Morgan fingerprint density at radius 3 is 2.28 bits per heavy atom. The number of carbonyl (C=O) groups excluding carboxylic acids is 1. The summed E-state index contributed by atoms with van der Waals surface area (Å²) in [5.74, 6) is -1.16. The van der Waals surface area contributed by atoms with Crippen LogP contribution in [0.4, 0.5) is 0 Å². The molecule has 0 radical (unpaired) electrons. The van der Waals surface area contributed by atoms with Gasteiger partial charge in [-0.05, 0) is 11.5 Å². The summed E-state index contributed by atoms with van der Waals surface area (Å²) in [6, 6.07) is 9.51. The van der Waals surface area contributed by atoms with E-state index in [0.29, 0.717) is 5.75 Å². The number of aliphatic carboxylic acids is 1. The Labute approximate surface area is 134 Å². The topological polar surface area (TPSA) is 54.4 Å². The molecule has 1 aromatic rings. The van der Waals surface area contributed by atoms with Crippen LogP contribution < -0.4 is 0 Å². The number of hydrogen-bond acceptors (Lipinski definition) is 3. The number of hydrogen-bond donors (Lipinski definition) is 1. The van der Waals surface area contributed by atoms with Crippen molar-refractivity contribution in [1.82, 2.24) is 0 Å². The van der Waals surface area contributed by atoms with Gasteiger partial charge in [0.25, 0.3) is 0 Å². The first-order valence-corrected chi connectivity index (χ1v) is 6.42. The summed E-state index contributed by atoms with van der Waals surface area (Å²) in [4.78, 5) is 22.1. The van der Waals surface area contributed by atoms with Crippen LogP contribution in [0.2, 0.25) is 0 Å². The van der Waals surface area contributed by atoms with E-state index in [1.54, 1.807) is 0 Å². The van der Waals surface area contributed by atoms with Crippen LogP contribution in [0.3, 0.4) is 0 Å². The van der Waals surface area contributed by atoms with Crippen molar-refractivity contribution >= 4 is 52.4 Å². The van der Waals surface area contributed by atoms with E-state index in [2.05, 4.69) is 0 Å². The van der Waals surface area contributed by atoms with Gasteiger partial charge in [-0.15, -0.1) is 0 Å². The third-order valence-electron chi connectivity index (χ3n) is 2.71. The van der Waals surface area contributed by atoms with Gasteiger partial charge in [0.15, 0.2) is 5.12 Å². The number of thioether (sulfide) groups is 1. The van der Waals surface area contributed by atoms with Gasteiger partial charge in [-0.1, -0.05) is 49.0 Å². The summed E-state index contributed by atoms with van der Waals surface area (Å²) >= 11 is 1.07. The molecule has 0 saturated carbocycles. The second-order valence-corrected chi connectivity index (χ2v) is 5.14. The van der Waals surface area contributed by atoms with E-state index >= 15 is 0 Å². The molecule has 2 atom stereocenters. The summed E-state index contributed by atoms with van der Waals surface area (Å²) < 4.78 is 0. The van der Waals surface area contributed by atoms with Crippen molar-refractivity contribution in [3.05, 3.63) is 35.9 Å². The third kappa shape index (κ3) is 5.57. The zero-order valence-electron chi connectivity index (χ0n) is 9.92. The maximum absolute atomic E-state index is 11.2. The van der Waals surface area contributed by atoms with Gasteiger partial charge in [-0.3, -0.25) is 9.59 Å². The zero-order chi connectivity index (χ0) is 12.8. The Balaban J connectivity index is 0.00000289. The van der Waals surface area contributed by atoms with Crippen LogP contribution in [-0.4, -0.2) is 51.5 Å². The van der Waals surface area contributed by atoms with Crippen molar-refractivity contribution < 1.29 is 14.7 Å². The molecule has 0 amide bonds. The first kappa shape index (κ1) is 17.7. The minimum absolute atomic E-state index is 0. The van der Waals surface area contributed by atoms with E-state index in [9.17, 15) is 14.7 Å². The Bertz CT molecular complexity index is 394. The van der Waals surface area contributed by atoms with Crippen molar-refractivity contribution in [2.75, 3.05) is 5.75 Å². The molecular weight excluding hydrogens is 259 g/mol. The molecule has 0 heterocycles. The number of rotatable bonds is 5. The Morgan fingerprint density at radius 1 is 1.28 bits per heavy atom. The van der Waals surface area contributed by atoms with Gasteiger partial charge in [0, 0.05) is 12.7 Å². The number of benzene rings is 1. The summed E-state index contributed by atoms with van der Waals surface area (Å²) in [7, 11) is 0. The molecular formula is C13H17NaO3S. The molecule has 1 N–H and O–H groups in total. The molecule has 0 aliphatic rings. The van der Waals surface area contributed by atoms with Gasteiger partial charge in [0.2, 0.25) is 0 Å². The van der Waals surface area contributed by atoms with E-state index in [0.717, 1.165) is 17.3 Å². The van der Waals surface area contributed by atoms with Gasteiger partial charge in [-0.25, -0.2) is 0 Å². The van der Waals surface area contributed by atoms with Crippen LogP contribution in [0.5, 0.6) is 0 Å². The molecule has 1 aromatic carbocycles. The molecule has 0 saturated heterocycles. The van der Waals surface area contributed by atoms with E-state index in [-0.39, 0.29) is 40.6 Å². The summed E-state index contributed by atoms with van der Waals surface area (Å²) in [5.41, 5.74) is 0.990. The van der Waals surface area contributed by atoms with Crippen LogP contribution in [0, 0.1) is 5.92 Å². The Morgan fingerprint density at radius 2 is 1.83 bits per heavy atom. The fourth-order valence-electron chi connectivity index (χ4n) is 1.63. The quantitative estimate of drug-likeness (QED) is 0.837. The fraction of sp³-hybridized carbons (Fsp3) is 0.385. The Hall–Kier alpha value is -0.290. The van der Waals surface area contributed by atoms with Gasteiger partial charge >= 0.3 is 35.5 Å². The molecule has 0 aliphatic heterocycles. The van der Waals surface area contributed by atoms with Gasteiger partial charge in [-0.2, -0.15) is 0 Å². The predicted molar refractivity (Wildman–Crippen MR) is 76.3 cm³/mol. The Kier molecular flexibility index (Phi) is 8.61. The standard InChI is InChI=1S/C13H16O3S.Na.H/c1-9(11-6-4-3-5-7-11)12(13(15)16)8-17-10(2)14;;/h3-7,9,12H,8H2,1-2H3,(H,15,16);;. The summed E-state index contributed by atoms with van der Waals surface area (Å²) in [6.07, 6.45) is 0. The van der Waals surface area contributed by atoms with Crippen LogP contribution in [-0.2, 0) is 9.59 Å². The van der Waals surface area contributed by atoms with Crippen LogP contribution >= 0.6 is 11.8 Å². The van der Waals surface area contributed by atoms with E-state index in [1.165, 1.54) is 6.92 Å².